The summed E-state index contributed by atoms with van der Waals surface area (Å²) in [6.45, 7) is 2.42. The Kier molecular flexibility index (Phi) is 2.97. The zero-order valence-corrected chi connectivity index (χ0v) is 12.2. The van der Waals surface area contributed by atoms with E-state index in [9.17, 15) is 0 Å². The van der Waals surface area contributed by atoms with Gasteiger partial charge in [0.1, 0.15) is 0 Å². The molecule has 0 nitrogen and oxygen atoms in total. The first-order chi connectivity index (χ1) is 6.25. The zero-order chi connectivity index (χ0) is 9.42. The summed E-state index contributed by atoms with van der Waals surface area (Å²) in [6.07, 6.45) is 5.62. The third kappa shape index (κ3) is 1.56. The summed E-state index contributed by atoms with van der Waals surface area (Å²) in [4.78, 5) is 0. The van der Waals surface area contributed by atoms with Gasteiger partial charge in [0.25, 0.3) is 0 Å². The Bertz CT molecular complexity index is 288. The van der Waals surface area contributed by atoms with Gasteiger partial charge in [-0.1, -0.05) is 0 Å². The summed E-state index contributed by atoms with van der Waals surface area (Å²) in [5, 5.41) is 0. The molecule has 2 rings (SSSR count). The van der Waals surface area contributed by atoms with Crippen LogP contribution in [0.15, 0.2) is 20.6 Å². The SMILES string of the molecule is CC1C(C[SiH3])=[C]([Ti])C2=C1CCCC2. The van der Waals surface area contributed by atoms with Crippen molar-refractivity contribution in [1.82, 2.24) is 0 Å². The summed E-state index contributed by atoms with van der Waals surface area (Å²) in [5.74, 6) is 0.813. The fourth-order valence-electron chi connectivity index (χ4n) is 2.80. The van der Waals surface area contributed by atoms with Crippen LogP contribution in [0.3, 0.4) is 0 Å². The van der Waals surface area contributed by atoms with Crippen LogP contribution in [-0.2, 0) is 20.4 Å². The number of rotatable bonds is 1. The van der Waals surface area contributed by atoms with Crippen molar-refractivity contribution in [1.29, 1.82) is 0 Å². The first kappa shape index (κ1) is 9.95. The van der Waals surface area contributed by atoms with Gasteiger partial charge in [-0.2, -0.15) is 0 Å². The number of hydrogen-bond donors (Lipinski definition) is 0. The Hall–Kier alpha value is 0.411. The van der Waals surface area contributed by atoms with Crippen LogP contribution in [0.5, 0.6) is 0 Å². The van der Waals surface area contributed by atoms with E-state index in [-0.39, 0.29) is 0 Å². The zero-order valence-electron chi connectivity index (χ0n) is 8.61. The molecule has 0 radical (unpaired) electrons. The Labute approximate surface area is 95.7 Å². The van der Waals surface area contributed by atoms with Crippen molar-refractivity contribution in [3.8, 4) is 0 Å². The summed E-state index contributed by atoms with van der Waals surface area (Å²) < 4.78 is 1.68. The van der Waals surface area contributed by atoms with E-state index in [0.29, 0.717) is 0 Å². The third-order valence-corrected chi connectivity index (χ3v) is 5.29. The second-order valence-corrected chi connectivity index (χ2v) is 5.67. The van der Waals surface area contributed by atoms with Crippen LogP contribution in [0.4, 0.5) is 0 Å². The van der Waals surface area contributed by atoms with Crippen LogP contribution in [0, 0.1) is 5.92 Å². The summed E-state index contributed by atoms with van der Waals surface area (Å²) >= 11 is 2.36. The van der Waals surface area contributed by atoms with Crippen molar-refractivity contribution in [3.05, 3.63) is 20.6 Å². The summed E-state index contributed by atoms with van der Waals surface area (Å²) in [6, 6.07) is 1.39. The summed E-state index contributed by atoms with van der Waals surface area (Å²) in [7, 11) is 1.33. The van der Waals surface area contributed by atoms with Crippen molar-refractivity contribution < 1.29 is 20.4 Å². The first-order valence-electron chi connectivity index (χ1n) is 5.42. The predicted octanol–water partition coefficient (Wildman–Crippen LogP) is 2.09. The molecule has 0 heterocycles. The van der Waals surface area contributed by atoms with Crippen LogP contribution in [0.25, 0.3) is 0 Å². The van der Waals surface area contributed by atoms with Gasteiger partial charge in [-0.05, 0) is 0 Å². The molecule has 1 unspecified atom stereocenters. The topological polar surface area (TPSA) is 0 Å². The molecule has 0 N–H and O–H groups in total. The molecule has 1 atom stereocenters. The van der Waals surface area contributed by atoms with Gasteiger partial charge in [0.05, 0.1) is 0 Å². The van der Waals surface area contributed by atoms with Gasteiger partial charge >= 0.3 is 95.8 Å². The van der Waals surface area contributed by atoms with Gasteiger partial charge in [-0.25, -0.2) is 0 Å². The van der Waals surface area contributed by atoms with Crippen LogP contribution < -0.4 is 0 Å². The van der Waals surface area contributed by atoms with Gasteiger partial charge in [0, 0.05) is 0 Å². The van der Waals surface area contributed by atoms with Gasteiger partial charge in [-0.15, -0.1) is 0 Å². The van der Waals surface area contributed by atoms with Gasteiger partial charge in [-0.3, -0.25) is 0 Å². The Balaban J connectivity index is 2.36. The first-order valence-corrected chi connectivity index (χ1v) is 7.62. The molecule has 0 aliphatic heterocycles. The number of hydrogen-bond acceptors (Lipinski definition) is 0. The molecule has 2 aliphatic rings. The minimum atomic E-state index is 0.813. The Morgan fingerprint density at radius 2 is 2.08 bits per heavy atom. The molecule has 13 heavy (non-hydrogen) atoms. The average Bonchev–Trinajstić information content (AvgIpc) is 2.41. The van der Waals surface area contributed by atoms with Crippen LogP contribution in [0.1, 0.15) is 32.6 Å². The van der Waals surface area contributed by atoms with Crippen LogP contribution in [-0.4, -0.2) is 10.2 Å². The molecule has 0 aromatic carbocycles. The molecular weight excluding hydrogens is 208 g/mol. The maximum absolute atomic E-state index is 2.42. The van der Waals surface area contributed by atoms with E-state index >= 15 is 0 Å². The summed E-state index contributed by atoms with van der Waals surface area (Å²) in [5.41, 5.74) is 5.33. The molecular formula is C11H17SiTi. The van der Waals surface area contributed by atoms with E-state index in [1.165, 1.54) is 42.0 Å². The Morgan fingerprint density at radius 3 is 2.69 bits per heavy atom. The standard InChI is InChI=1S/C11H17Si.Ti/c1-8-10(7-12)6-9-4-2-3-5-11(8)9;/h8H,2-5,7H2,1,12H3;. The van der Waals surface area contributed by atoms with Crippen molar-refractivity contribution in [2.24, 2.45) is 5.92 Å². The van der Waals surface area contributed by atoms with Gasteiger partial charge < -0.3 is 0 Å². The van der Waals surface area contributed by atoms with Crippen molar-refractivity contribution >= 4 is 10.2 Å². The predicted molar refractivity (Wildman–Crippen MR) is 56.4 cm³/mol. The molecule has 69 valence electrons. The quantitative estimate of drug-likeness (QED) is 0.599. The van der Waals surface area contributed by atoms with E-state index in [1.54, 1.807) is 20.6 Å². The van der Waals surface area contributed by atoms with E-state index in [2.05, 4.69) is 27.4 Å². The second-order valence-electron chi connectivity index (χ2n) is 4.19. The maximum atomic E-state index is 2.42. The van der Waals surface area contributed by atoms with Crippen LogP contribution >= 0.6 is 0 Å². The Morgan fingerprint density at radius 1 is 1.38 bits per heavy atom. The normalized spacial score (nSPS) is 28.5. The van der Waals surface area contributed by atoms with E-state index in [1.807, 2.05) is 0 Å². The molecule has 0 aromatic heterocycles. The fraction of sp³-hybridized carbons (Fsp3) is 0.636. The third-order valence-electron chi connectivity index (χ3n) is 3.56. The van der Waals surface area contributed by atoms with Gasteiger partial charge in [0.15, 0.2) is 0 Å². The molecule has 0 fully saturated rings. The average molecular weight is 225 g/mol. The molecule has 0 aromatic rings. The van der Waals surface area contributed by atoms with E-state index < -0.39 is 0 Å². The molecule has 2 heteroatoms. The number of allylic oxidation sites excluding steroid dienone is 4. The fourth-order valence-corrected chi connectivity index (χ4v) is 5.37. The van der Waals surface area contributed by atoms with E-state index in [0.717, 1.165) is 5.92 Å². The molecule has 0 spiro atoms. The van der Waals surface area contributed by atoms with Crippen molar-refractivity contribution in [2.45, 2.75) is 38.7 Å². The van der Waals surface area contributed by atoms with Crippen molar-refractivity contribution in [3.63, 3.8) is 0 Å². The van der Waals surface area contributed by atoms with Gasteiger partial charge in [0.2, 0.25) is 0 Å². The molecule has 0 bridgehead atoms. The molecule has 0 saturated heterocycles. The minimum absolute atomic E-state index is 0.813. The molecule has 0 saturated carbocycles. The monoisotopic (exact) mass is 225 g/mol. The van der Waals surface area contributed by atoms with E-state index in [4.69, 9.17) is 0 Å². The molecule has 2 aliphatic carbocycles. The second kappa shape index (κ2) is 3.88. The van der Waals surface area contributed by atoms with Crippen molar-refractivity contribution in [2.75, 3.05) is 0 Å². The molecule has 0 amide bonds. The van der Waals surface area contributed by atoms with Crippen LogP contribution in [0.2, 0.25) is 6.04 Å².